The number of alkyl halides is 3. The van der Waals surface area contributed by atoms with E-state index in [1.165, 1.54) is 141 Å². The van der Waals surface area contributed by atoms with E-state index in [1.807, 2.05) is 0 Å². The van der Waals surface area contributed by atoms with Crippen molar-refractivity contribution >= 4 is 34.8 Å². The summed E-state index contributed by atoms with van der Waals surface area (Å²) in [5, 5.41) is 1.03. The first-order chi connectivity index (χ1) is 16.0. The molecule has 0 spiro atoms. The molecule has 6 aliphatic carbocycles. The lowest BCUT2D eigenvalue weighted by atomic mass is 9.70. The van der Waals surface area contributed by atoms with Crippen LogP contribution in [0.3, 0.4) is 0 Å². The monoisotopic (exact) mass is 516 g/mol. The number of hydrogen-bond acceptors (Lipinski definition) is 0. The maximum atomic E-state index is 6.58. The van der Waals surface area contributed by atoms with E-state index in [9.17, 15) is 0 Å². The first-order valence-corrected chi connectivity index (χ1v) is 16.3. The molecule has 0 aromatic rings. The van der Waals surface area contributed by atoms with Gasteiger partial charge in [0.15, 0.2) is 0 Å². The molecule has 33 heavy (non-hydrogen) atoms. The lowest BCUT2D eigenvalue weighted by Crippen LogP contribution is -2.37. The van der Waals surface area contributed by atoms with Gasteiger partial charge in [-0.15, -0.1) is 34.8 Å². The van der Waals surface area contributed by atoms with Crippen LogP contribution in [0.25, 0.3) is 0 Å². The Kier molecular flexibility index (Phi) is 11.0. The van der Waals surface area contributed by atoms with E-state index in [4.69, 9.17) is 34.8 Å². The van der Waals surface area contributed by atoms with Crippen LogP contribution < -0.4 is 0 Å². The van der Waals surface area contributed by atoms with Crippen molar-refractivity contribution in [3.63, 3.8) is 0 Å². The quantitative estimate of drug-likeness (QED) is 0.280. The Bertz CT molecular complexity index is 544. The molecule has 6 saturated carbocycles. The smallest absolute Gasteiger partial charge is 0.0475 e. The van der Waals surface area contributed by atoms with Gasteiger partial charge in [-0.1, -0.05) is 83.5 Å². The van der Waals surface area contributed by atoms with E-state index in [-0.39, 0.29) is 4.87 Å². The fourth-order valence-electron chi connectivity index (χ4n) is 8.49. The second kappa shape index (κ2) is 13.4. The zero-order valence-electron chi connectivity index (χ0n) is 21.2. The molecule has 0 aromatic carbocycles. The second-order valence-corrected chi connectivity index (χ2v) is 14.5. The summed E-state index contributed by atoms with van der Waals surface area (Å²) in [6.07, 6.45) is 30.8. The summed E-state index contributed by atoms with van der Waals surface area (Å²) in [5.74, 6) is 4.81. The zero-order valence-corrected chi connectivity index (χ0v) is 23.5. The van der Waals surface area contributed by atoms with Crippen LogP contribution in [0.15, 0.2) is 0 Å². The zero-order chi connectivity index (χ0) is 23.1. The predicted molar refractivity (Wildman–Crippen MR) is 147 cm³/mol. The van der Waals surface area contributed by atoms with E-state index >= 15 is 0 Å². The van der Waals surface area contributed by atoms with Crippen LogP contribution in [0.2, 0.25) is 0 Å². The SMILES string of the molecule is ClC12CCCCC1CCCC2.ClC1CCC2CCCCC2C1.ClC1CCCC2CCCCC12. The summed E-state index contributed by atoms with van der Waals surface area (Å²) in [7, 11) is 0. The second-order valence-electron chi connectivity index (χ2n) is 12.6. The van der Waals surface area contributed by atoms with Crippen molar-refractivity contribution in [2.24, 2.45) is 29.6 Å². The van der Waals surface area contributed by atoms with Crippen LogP contribution in [0.5, 0.6) is 0 Å². The van der Waals surface area contributed by atoms with Crippen LogP contribution in [0.1, 0.15) is 141 Å². The first kappa shape index (κ1) is 26.9. The van der Waals surface area contributed by atoms with Crippen molar-refractivity contribution in [1.29, 1.82) is 0 Å². The van der Waals surface area contributed by atoms with E-state index in [0.29, 0.717) is 10.8 Å². The molecule has 0 aliphatic heterocycles. The third-order valence-corrected chi connectivity index (χ3v) is 12.1. The van der Waals surface area contributed by atoms with Gasteiger partial charge in [0, 0.05) is 15.6 Å². The van der Waals surface area contributed by atoms with Gasteiger partial charge in [-0.2, -0.15) is 0 Å². The van der Waals surface area contributed by atoms with E-state index < -0.39 is 0 Å². The van der Waals surface area contributed by atoms with Crippen molar-refractivity contribution in [2.45, 2.75) is 157 Å². The Labute approximate surface area is 220 Å². The van der Waals surface area contributed by atoms with E-state index in [2.05, 4.69) is 0 Å². The van der Waals surface area contributed by atoms with Crippen molar-refractivity contribution in [3.05, 3.63) is 0 Å². The highest BCUT2D eigenvalue weighted by molar-refractivity contribution is 6.24. The fourth-order valence-corrected chi connectivity index (χ4v) is 9.82. The highest BCUT2D eigenvalue weighted by Gasteiger charge is 2.40. The molecular formula is C30H51Cl3. The lowest BCUT2D eigenvalue weighted by molar-refractivity contribution is 0.174. The van der Waals surface area contributed by atoms with Gasteiger partial charge >= 0.3 is 0 Å². The minimum atomic E-state index is 0.247. The molecule has 0 radical (unpaired) electrons. The molecule has 6 fully saturated rings. The molecule has 6 atom stereocenters. The number of fused-ring (bicyclic) bond motifs is 3. The molecule has 3 heteroatoms. The average Bonchev–Trinajstić information content (AvgIpc) is 2.85. The van der Waals surface area contributed by atoms with Gasteiger partial charge in [-0.3, -0.25) is 0 Å². The summed E-state index contributed by atoms with van der Waals surface area (Å²) in [6.45, 7) is 0. The molecule has 6 unspecified atom stereocenters. The molecule has 192 valence electrons. The Balaban J connectivity index is 0.000000118. The summed E-state index contributed by atoms with van der Waals surface area (Å²) >= 11 is 19.0. The minimum Gasteiger partial charge on any atom is -0.123 e. The van der Waals surface area contributed by atoms with Gasteiger partial charge in [0.1, 0.15) is 0 Å². The van der Waals surface area contributed by atoms with E-state index in [1.54, 1.807) is 0 Å². The molecule has 0 saturated heterocycles. The first-order valence-electron chi connectivity index (χ1n) is 15.0. The Hall–Kier alpha value is 0.870. The van der Waals surface area contributed by atoms with Crippen LogP contribution in [0.4, 0.5) is 0 Å². The van der Waals surface area contributed by atoms with Gasteiger partial charge in [-0.25, -0.2) is 0 Å². The minimum absolute atomic E-state index is 0.247. The van der Waals surface area contributed by atoms with Gasteiger partial charge < -0.3 is 0 Å². The van der Waals surface area contributed by atoms with Gasteiger partial charge in [0.2, 0.25) is 0 Å². The Morgan fingerprint density at radius 3 is 1.73 bits per heavy atom. The van der Waals surface area contributed by atoms with Crippen molar-refractivity contribution in [3.8, 4) is 0 Å². The van der Waals surface area contributed by atoms with Crippen LogP contribution in [0, 0.1) is 29.6 Å². The average molecular weight is 518 g/mol. The summed E-state index contributed by atoms with van der Waals surface area (Å²) in [6, 6.07) is 0. The molecular weight excluding hydrogens is 467 g/mol. The number of halogens is 3. The molecule has 0 bridgehead atoms. The lowest BCUT2D eigenvalue weighted by Gasteiger charge is -2.42. The van der Waals surface area contributed by atoms with Gasteiger partial charge in [0.05, 0.1) is 0 Å². The predicted octanol–water partition coefficient (Wildman–Crippen LogP) is 10.9. The van der Waals surface area contributed by atoms with Gasteiger partial charge in [0.25, 0.3) is 0 Å². The third-order valence-electron chi connectivity index (χ3n) is 10.5. The summed E-state index contributed by atoms with van der Waals surface area (Å²) in [4.78, 5) is 0.247. The fraction of sp³-hybridized carbons (Fsp3) is 1.00. The highest BCUT2D eigenvalue weighted by atomic mass is 35.5. The molecule has 0 heterocycles. The normalized spacial score (nSPS) is 45.0. The Morgan fingerprint density at radius 1 is 0.485 bits per heavy atom. The van der Waals surface area contributed by atoms with Crippen LogP contribution in [-0.4, -0.2) is 15.6 Å². The molecule has 6 aliphatic rings. The largest absolute Gasteiger partial charge is 0.123 e. The summed E-state index contributed by atoms with van der Waals surface area (Å²) < 4.78 is 0. The van der Waals surface area contributed by atoms with Gasteiger partial charge in [-0.05, 0) is 87.4 Å². The van der Waals surface area contributed by atoms with Crippen molar-refractivity contribution < 1.29 is 0 Å². The standard InChI is InChI=1S/3C10H17Cl/c11-10-7-3-1-5-9(10)6-2-4-8-10;11-10-7-3-5-8-4-1-2-6-9(8)10;11-10-6-5-8-3-1-2-4-9(8)7-10/h9H,1-8H2;2*8-10H,1-7H2. The Morgan fingerprint density at radius 2 is 1.06 bits per heavy atom. The van der Waals surface area contributed by atoms with Crippen LogP contribution in [-0.2, 0) is 0 Å². The summed E-state index contributed by atoms with van der Waals surface area (Å²) in [5.41, 5.74) is 0. The van der Waals surface area contributed by atoms with Crippen LogP contribution >= 0.6 is 34.8 Å². The van der Waals surface area contributed by atoms with Crippen molar-refractivity contribution in [1.82, 2.24) is 0 Å². The molecule has 6 rings (SSSR count). The number of hydrogen-bond donors (Lipinski definition) is 0. The number of rotatable bonds is 0. The molecule has 0 N–H and O–H groups in total. The van der Waals surface area contributed by atoms with Crippen molar-refractivity contribution in [2.75, 3.05) is 0 Å². The topological polar surface area (TPSA) is 0 Å². The maximum Gasteiger partial charge on any atom is 0.0475 e. The maximum absolute atomic E-state index is 6.58. The molecule has 0 aromatic heterocycles. The third kappa shape index (κ3) is 7.68. The highest BCUT2D eigenvalue weighted by Crippen LogP contribution is 2.48. The molecule has 0 amide bonds. The van der Waals surface area contributed by atoms with E-state index in [0.717, 1.165) is 29.6 Å². The molecule has 0 nitrogen and oxygen atoms in total.